The number of hydrogen-bond donors (Lipinski definition) is 2. The molecule has 2 N–H and O–H groups in total. The maximum absolute atomic E-state index is 10.5. The Morgan fingerprint density at radius 3 is 2.14 bits per heavy atom. The minimum atomic E-state index is -4.32. The van der Waals surface area contributed by atoms with Crippen LogP contribution in [0, 0.1) is 0 Å². The number of aromatic carboxylic acids is 1. The minimum absolute atomic E-state index is 0.0763. The highest BCUT2D eigenvalue weighted by Crippen LogP contribution is 2.38. The lowest BCUT2D eigenvalue weighted by atomic mass is 10.1. The average Bonchev–Trinajstić information content (AvgIpc) is 2.02. The van der Waals surface area contributed by atoms with Crippen LogP contribution in [-0.4, -0.2) is 16.0 Å². The molecule has 0 aliphatic heterocycles. The summed E-state index contributed by atoms with van der Waals surface area (Å²) in [7, 11) is -4.32. The summed E-state index contributed by atoms with van der Waals surface area (Å²) >= 11 is 0. The van der Waals surface area contributed by atoms with Crippen molar-refractivity contribution >= 4 is 13.9 Å². The highest BCUT2D eigenvalue weighted by Gasteiger charge is 2.09. The molecule has 76 valence electrons. The van der Waals surface area contributed by atoms with Crippen LogP contribution in [0.2, 0.25) is 0 Å². The second-order valence-corrected chi connectivity index (χ2v) is 4.39. The van der Waals surface area contributed by atoms with Crippen LogP contribution < -0.4 is 9.79 Å². The Morgan fingerprint density at radius 1 is 1.29 bits per heavy atom. The van der Waals surface area contributed by atoms with Crippen LogP contribution in [0.15, 0.2) is 24.3 Å². The number of rotatable bonds is 3. The molecule has 0 atom stereocenters. The van der Waals surface area contributed by atoms with E-state index in [2.05, 4.69) is 0 Å². The van der Waals surface area contributed by atoms with E-state index in [1.807, 2.05) is 0 Å². The molecule has 0 aromatic heterocycles. The first kappa shape index (κ1) is 11.1. The molecule has 0 unspecified atom stereocenters. The standard InChI is InChI=1S/C8H9O5P/c9-8(10)7-3-1-6(2-4-7)5-14(11,12)13/h1-4H,5H2,(H,9,10)(H2,11,12,13)/p-1. The summed E-state index contributed by atoms with van der Waals surface area (Å²) in [5.41, 5.74) is 0.434. The van der Waals surface area contributed by atoms with Crippen molar-refractivity contribution in [2.75, 3.05) is 0 Å². The monoisotopic (exact) mass is 215 g/mol. The van der Waals surface area contributed by atoms with Gasteiger partial charge in [-0.2, -0.15) is 0 Å². The van der Waals surface area contributed by atoms with Crippen molar-refractivity contribution in [3.05, 3.63) is 35.4 Å². The molecule has 1 rings (SSSR count). The predicted molar refractivity (Wildman–Crippen MR) is 46.2 cm³/mol. The first-order valence-electron chi connectivity index (χ1n) is 3.73. The fraction of sp³-hybridized carbons (Fsp3) is 0.125. The topological polar surface area (TPSA) is 104 Å². The summed E-state index contributed by atoms with van der Waals surface area (Å²) in [6, 6.07) is 5.27. The Morgan fingerprint density at radius 2 is 1.79 bits per heavy atom. The molecule has 0 heterocycles. The molecule has 0 saturated carbocycles. The van der Waals surface area contributed by atoms with Crippen molar-refractivity contribution in [2.45, 2.75) is 6.16 Å². The predicted octanol–water partition coefficient (Wildman–Crippen LogP) is -0.640. The molecule has 1 aromatic rings. The van der Waals surface area contributed by atoms with Crippen molar-refractivity contribution < 1.29 is 24.6 Å². The van der Waals surface area contributed by atoms with Crippen LogP contribution in [0.4, 0.5) is 0 Å². The highest BCUT2D eigenvalue weighted by atomic mass is 31.2. The largest absolute Gasteiger partial charge is 0.659 e. The molecule has 0 fully saturated rings. The Bertz CT molecular complexity index is 327. The van der Waals surface area contributed by atoms with E-state index in [9.17, 15) is 14.6 Å². The fourth-order valence-corrected chi connectivity index (χ4v) is 1.66. The summed E-state index contributed by atoms with van der Waals surface area (Å²) in [6.07, 6.45) is -0.479. The summed E-state index contributed by atoms with van der Waals surface area (Å²) in [6.45, 7) is 0. The third-order valence-electron chi connectivity index (χ3n) is 1.58. The fourth-order valence-electron chi connectivity index (χ4n) is 0.983. The highest BCUT2D eigenvalue weighted by molar-refractivity contribution is 7.54. The SMILES string of the molecule is O=C(O)c1ccc(C[P+]([O-])([O-])O)cc1. The molecular formula is C8H8O5P-. The Kier molecular flexibility index (Phi) is 3.18. The molecule has 6 heteroatoms. The van der Waals surface area contributed by atoms with Crippen LogP contribution in [0.25, 0.3) is 0 Å². The van der Waals surface area contributed by atoms with Gasteiger partial charge < -0.3 is 14.9 Å². The van der Waals surface area contributed by atoms with Gasteiger partial charge in [0.05, 0.1) is 13.5 Å². The zero-order chi connectivity index (χ0) is 10.8. The smallest absolute Gasteiger partial charge is 0.335 e. The second kappa shape index (κ2) is 4.02. The molecule has 0 aliphatic carbocycles. The van der Waals surface area contributed by atoms with Crippen LogP contribution in [0.5, 0.6) is 0 Å². The van der Waals surface area contributed by atoms with Crippen molar-refractivity contribution in [1.82, 2.24) is 0 Å². The molecule has 0 bridgehead atoms. The Balaban J connectivity index is 2.79. The quantitative estimate of drug-likeness (QED) is 0.652. The third-order valence-corrected chi connectivity index (χ3v) is 2.35. The van der Waals surface area contributed by atoms with Gasteiger partial charge >= 0.3 is 5.97 Å². The lowest BCUT2D eigenvalue weighted by Crippen LogP contribution is -2.22. The van der Waals surface area contributed by atoms with Gasteiger partial charge in [-0.25, -0.2) is 4.79 Å². The number of carboxylic acids is 1. The third kappa shape index (κ3) is 3.40. The van der Waals surface area contributed by atoms with Gasteiger partial charge in [-0.15, -0.1) is 0 Å². The molecule has 5 nitrogen and oxygen atoms in total. The number of hydrogen-bond acceptors (Lipinski definition) is 4. The van der Waals surface area contributed by atoms with Crippen LogP contribution >= 0.6 is 7.94 Å². The molecule has 0 saturated heterocycles. The van der Waals surface area contributed by atoms with Gasteiger partial charge in [-0.05, 0) is 17.7 Å². The van der Waals surface area contributed by atoms with Crippen molar-refractivity contribution in [3.63, 3.8) is 0 Å². The molecule has 1 aromatic carbocycles. The number of carboxylic acid groups (broad SMARTS) is 1. The maximum Gasteiger partial charge on any atom is 0.335 e. The van der Waals surface area contributed by atoms with Crippen molar-refractivity contribution in [1.29, 1.82) is 0 Å². The van der Waals surface area contributed by atoms with Crippen molar-refractivity contribution in [3.8, 4) is 0 Å². The second-order valence-electron chi connectivity index (χ2n) is 2.80. The minimum Gasteiger partial charge on any atom is -0.659 e. The molecule has 0 amide bonds. The van der Waals surface area contributed by atoms with E-state index in [1.165, 1.54) is 24.3 Å². The summed E-state index contributed by atoms with van der Waals surface area (Å²) < 4.78 is 0. The van der Waals surface area contributed by atoms with Crippen LogP contribution in [0.1, 0.15) is 15.9 Å². The summed E-state index contributed by atoms with van der Waals surface area (Å²) in [5.74, 6) is -1.08. The van der Waals surface area contributed by atoms with E-state index >= 15 is 0 Å². The van der Waals surface area contributed by atoms with E-state index in [1.54, 1.807) is 0 Å². The Hall–Kier alpha value is -1.00. The maximum atomic E-state index is 10.5. The first-order valence-corrected chi connectivity index (χ1v) is 5.50. The molecule has 14 heavy (non-hydrogen) atoms. The van der Waals surface area contributed by atoms with E-state index in [0.29, 0.717) is 5.56 Å². The van der Waals surface area contributed by atoms with Gasteiger partial charge in [0.25, 0.3) is 0 Å². The van der Waals surface area contributed by atoms with E-state index in [4.69, 9.17) is 10.00 Å². The zero-order valence-corrected chi connectivity index (χ0v) is 7.98. The Labute approximate surface area is 80.8 Å². The van der Waals surface area contributed by atoms with Crippen molar-refractivity contribution in [2.24, 2.45) is 0 Å². The van der Waals surface area contributed by atoms with Gasteiger partial charge in [0, 0.05) is 0 Å². The summed E-state index contributed by atoms with van der Waals surface area (Å²) in [4.78, 5) is 39.9. The van der Waals surface area contributed by atoms with Gasteiger partial charge in [-0.3, -0.25) is 4.89 Å². The van der Waals surface area contributed by atoms with Crippen LogP contribution in [-0.2, 0) is 6.16 Å². The molecule has 0 aliphatic rings. The number of benzene rings is 1. The van der Waals surface area contributed by atoms with E-state index in [-0.39, 0.29) is 5.56 Å². The average molecular weight is 215 g/mol. The van der Waals surface area contributed by atoms with Gasteiger partial charge in [0.2, 0.25) is 0 Å². The molecule has 0 spiro atoms. The first-order chi connectivity index (χ1) is 6.38. The number of carbonyl (C=O) groups is 1. The van der Waals surface area contributed by atoms with Gasteiger partial charge in [-0.1, -0.05) is 12.1 Å². The zero-order valence-electron chi connectivity index (χ0n) is 7.08. The van der Waals surface area contributed by atoms with Gasteiger partial charge in [0.1, 0.15) is 6.16 Å². The lowest BCUT2D eigenvalue weighted by Gasteiger charge is -2.27. The molecular weight excluding hydrogens is 207 g/mol. The normalized spacial score (nSPS) is 11.4. The van der Waals surface area contributed by atoms with E-state index < -0.39 is 20.1 Å². The van der Waals surface area contributed by atoms with Gasteiger partial charge in [0.15, 0.2) is 0 Å². The van der Waals surface area contributed by atoms with E-state index in [0.717, 1.165) is 0 Å². The summed E-state index contributed by atoms with van der Waals surface area (Å²) in [5, 5.41) is 8.54. The molecule has 0 radical (unpaired) electrons. The lowest BCUT2D eigenvalue weighted by molar-refractivity contribution is -0.332. The van der Waals surface area contributed by atoms with Crippen LogP contribution in [0.3, 0.4) is 0 Å².